The van der Waals surface area contributed by atoms with Gasteiger partial charge < -0.3 is 4.57 Å². The molecule has 0 atom stereocenters. The second kappa shape index (κ2) is 18.3. The van der Waals surface area contributed by atoms with E-state index in [4.69, 9.17) is 0 Å². The van der Waals surface area contributed by atoms with Crippen LogP contribution in [0.1, 0.15) is 80.4 Å². The Labute approximate surface area is 208 Å². The zero-order valence-corrected chi connectivity index (χ0v) is 23.5. The standard InChI is InChI=1S/C20H16N2O2.5C2H6/c1-21-12-15(14-10-6-7-11-16(14)21)18-17(13-8-4-3-5-9-13)19(23)22(2)20(18)24;5*1-2/h3-12H,1-2H3;5*1-2H3. The summed E-state index contributed by atoms with van der Waals surface area (Å²) >= 11 is 0. The minimum atomic E-state index is -0.255. The molecule has 0 saturated heterocycles. The average Bonchev–Trinajstić information content (AvgIpc) is 3.38. The number of fused-ring (bicyclic) bond motifs is 1. The van der Waals surface area contributed by atoms with E-state index < -0.39 is 0 Å². The maximum absolute atomic E-state index is 12.8. The molecule has 0 aliphatic carbocycles. The van der Waals surface area contributed by atoms with Gasteiger partial charge in [-0.15, -0.1) is 0 Å². The molecule has 0 fully saturated rings. The predicted octanol–water partition coefficient (Wildman–Crippen LogP) is 8.22. The van der Waals surface area contributed by atoms with Crippen molar-refractivity contribution in [2.45, 2.75) is 69.2 Å². The van der Waals surface area contributed by atoms with Crippen LogP contribution >= 0.6 is 0 Å². The lowest BCUT2D eigenvalue weighted by molar-refractivity contribution is -0.134. The molecule has 2 aromatic carbocycles. The molecule has 4 rings (SSSR count). The van der Waals surface area contributed by atoms with E-state index >= 15 is 0 Å². The molecule has 0 saturated carbocycles. The normalized spacial score (nSPS) is 11.5. The number of amides is 2. The molecule has 4 nitrogen and oxygen atoms in total. The summed E-state index contributed by atoms with van der Waals surface area (Å²) in [7, 11) is 3.48. The van der Waals surface area contributed by atoms with E-state index in [-0.39, 0.29) is 11.8 Å². The third kappa shape index (κ3) is 7.18. The van der Waals surface area contributed by atoms with Crippen molar-refractivity contribution in [3.8, 4) is 0 Å². The Morgan fingerprint density at radius 1 is 0.559 bits per heavy atom. The fourth-order valence-corrected chi connectivity index (χ4v) is 3.30. The highest BCUT2D eigenvalue weighted by Crippen LogP contribution is 2.38. The number of carbonyl (C=O) groups excluding carboxylic acids is 2. The SMILES string of the molecule is CC.CC.CC.CC.CC.CN1C(=O)C(c2ccccc2)=C(c2cn(C)c3ccccc23)C1=O. The van der Waals surface area contributed by atoms with Crippen LogP contribution in [0, 0.1) is 0 Å². The van der Waals surface area contributed by atoms with Gasteiger partial charge in [-0.2, -0.15) is 0 Å². The highest BCUT2D eigenvalue weighted by molar-refractivity contribution is 6.49. The average molecular weight is 467 g/mol. The Balaban J connectivity index is 0. The molecule has 0 N–H and O–H groups in total. The number of aromatic nitrogens is 1. The summed E-state index contributed by atoms with van der Waals surface area (Å²) in [6.07, 6.45) is 1.92. The van der Waals surface area contributed by atoms with Gasteiger partial charge in [-0.1, -0.05) is 118 Å². The number of aryl methyl sites for hydroxylation is 1. The molecule has 0 spiro atoms. The minimum absolute atomic E-state index is 0.254. The zero-order chi connectivity index (χ0) is 26.8. The first-order chi connectivity index (χ1) is 16.6. The molecule has 2 heterocycles. The van der Waals surface area contributed by atoms with Crippen molar-refractivity contribution in [3.05, 3.63) is 71.9 Å². The Bertz CT molecular complexity index is 1010. The number of likely N-dealkylation sites (N-methyl/N-ethyl adjacent to an activating group) is 1. The summed E-state index contributed by atoms with van der Waals surface area (Å²) in [6, 6.07) is 17.3. The van der Waals surface area contributed by atoms with E-state index in [1.54, 1.807) is 0 Å². The van der Waals surface area contributed by atoms with Gasteiger partial charge in [0.1, 0.15) is 0 Å². The van der Waals surface area contributed by atoms with Gasteiger partial charge in [0.15, 0.2) is 0 Å². The van der Waals surface area contributed by atoms with Gasteiger partial charge in [0.05, 0.1) is 11.1 Å². The molecular weight excluding hydrogens is 420 g/mol. The number of carbonyl (C=O) groups is 2. The fourth-order valence-electron chi connectivity index (χ4n) is 3.30. The van der Waals surface area contributed by atoms with E-state index in [0.29, 0.717) is 11.1 Å². The summed E-state index contributed by atoms with van der Waals surface area (Å²) < 4.78 is 1.98. The topological polar surface area (TPSA) is 42.3 Å². The molecule has 1 aromatic heterocycles. The molecule has 188 valence electrons. The fraction of sp³-hybridized carbons (Fsp3) is 0.400. The summed E-state index contributed by atoms with van der Waals surface area (Å²) in [5.74, 6) is -0.510. The molecule has 34 heavy (non-hydrogen) atoms. The maximum atomic E-state index is 12.8. The quantitative estimate of drug-likeness (QED) is 0.357. The third-order valence-corrected chi connectivity index (χ3v) is 4.52. The third-order valence-electron chi connectivity index (χ3n) is 4.52. The van der Waals surface area contributed by atoms with Crippen LogP contribution in [0.3, 0.4) is 0 Å². The first-order valence-corrected chi connectivity index (χ1v) is 12.8. The second-order valence-electron chi connectivity index (χ2n) is 5.96. The van der Waals surface area contributed by atoms with Crippen molar-refractivity contribution in [2.24, 2.45) is 7.05 Å². The lowest BCUT2D eigenvalue weighted by Crippen LogP contribution is -2.26. The first-order valence-electron chi connectivity index (χ1n) is 12.8. The van der Waals surface area contributed by atoms with Crippen LogP contribution in [0.5, 0.6) is 0 Å². The molecule has 0 bridgehead atoms. The van der Waals surface area contributed by atoms with Crippen molar-refractivity contribution in [2.75, 3.05) is 7.05 Å². The molecule has 1 aliphatic rings. The van der Waals surface area contributed by atoms with E-state index in [9.17, 15) is 9.59 Å². The van der Waals surface area contributed by atoms with Crippen LogP contribution in [0.15, 0.2) is 60.8 Å². The van der Waals surface area contributed by atoms with Gasteiger partial charge in [-0.25, -0.2) is 0 Å². The number of para-hydroxylation sites is 1. The number of hydrogen-bond donors (Lipinski definition) is 0. The second-order valence-corrected chi connectivity index (χ2v) is 5.96. The summed E-state index contributed by atoms with van der Waals surface area (Å²) in [5.41, 5.74) is 3.55. The van der Waals surface area contributed by atoms with E-state index in [1.807, 2.05) is 142 Å². The lowest BCUT2D eigenvalue weighted by Gasteiger charge is -2.06. The Morgan fingerprint density at radius 3 is 1.53 bits per heavy atom. The highest BCUT2D eigenvalue weighted by atomic mass is 16.2. The van der Waals surface area contributed by atoms with Crippen LogP contribution in [0.25, 0.3) is 22.0 Å². The van der Waals surface area contributed by atoms with Gasteiger partial charge >= 0.3 is 0 Å². The molecular formula is C30H46N2O2. The Kier molecular flexibility index (Phi) is 17.8. The summed E-state index contributed by atoms with van der Waals surface area (Å²) in [5, 5.41) is 0.972. The number of imide groups is 1. The van der Waals surface area contributed by atoms with Crippen molar-refractivity contribution in [1.29, 1.82) is 0 Å². The zero-order valence-electron chi connectivity index (χ0n) is 23.5. The Hall–Kier alpha value is -3.14. The van der Waals surface area contributed by atoms with Crippen LogP contribution < -0.4 is 0 Å². The van der Waals surface area contributed by atoms with Crippen LogP contribution in [0.4, 0.5) is 0 Å². The van der Waals surface area contributed by atoms with Crippen LogP contribution in [-0.4, -0.2) is 28.3 Å². The van der Waals surface area contributed by atoms with Crippen molar-refractivity contribution >= 4 is 33.9 Å². The number of hydrogen-bond acceptors (Lipinski definition) is 2. The molecule has 3 aromatic rings. The highest BCUT2D eigenvalue weighted by Gasteiger charge is 2.38. The van der Waals surface area contributed by atoms with Crippen molar-refractivity contribution in [1.82, 2.24) is 9.47 Å². The predicted molar refractivity (Wildman–Crippen MR) is 151 cm³/mol. The lowest BCUT2D eigenvalue weighted by atomic mass is 9.96. The van der Waals surface area contributed by atoms with Crippen molar-refractivity contribution in [3.63, 3.8) is 0 Å². The van der Waals surface area contributed by atoms with E-state index in [0.717, 1.165) is 22.0 Å². The summed E-state index contributed by atoms with van der Waals surface area (Å²) in [4.78, 5) is 26.7. The van der Waals surface area contributed by atoms with Gasteiger partial charge in [-0.05, 0) is 11.6 Å². The number of rotatable bonds is 2. The molecule has 0 radical (unpaired) electrons. The minimum Gasteiger partial charge on any atom is -0.350 e. The van der Waals surface area contributed by atoms with E-state index in [1.165, 1.54) is 11.9 Å². The molecule has 0 unspecified atom stereocenters. The Morgan fingerprint density at radius 2 is 1.00 bits per heavy atom. The van der Waals surface area contributed by atoms with Crippen LogP contribution in [0.2, 0.25) is 0 Å². The smallest absolute Gasteiger partial charge is 0.261 e. The maximum Gasteiger partial charge on any atom is 0.261 e. The van der Waals surface area contributed by atoms with Gasteiger partial charge in [0.2, 0.25) is 0 Å². The van der Waals surface area contributed by atoms with Gasteiger partial charge in [0.25, 0.3) is 11.8 Å². The summed E-state index contributed by atoms with van der Waals surface area (Å²) in [6.45, 7) is 20.0. The number of nitrogens with zero attached hydrogens (tertiary/aromatic N) is 2. The van der Waals surface area contributed by atoms with E-state index in [2.05, 4.69) is 0 Å². The molecule has 1 aliphatic heterocycles. The monoisotopic (exact) mass is 466 g/mol. The first kappa shape index (κ1) is 33.0. The molecule has 4 heteroatoms. The molecule has 2 amide bonds. The van der Waals surface area contributed by atoms with Crippen molar-refractivity contribution < 1.29 is 9.59 Å². The number of benzene rings is 2. The van der Waals surface area contributed by atoms with Gasteiger partial charge in [-0.3, -0.25) is 14.5 Å². The van der Waals surface area contributed by atoms with Crippen LogP contribution in [-0.2, 0) is 16.6 Å². The van der Waals surface area contributed by atoms with Gasteiger partial charge in [0, 0.05) is 36.8 Å². The largest absolute Gasteiger partial charge is 0.350 e.